The van der Waals surface area contributed by atoms with Gasteiger partial charge in [-0.25, -0.2) is 8.78 Å². The average Bonchev–Trinajstić information content (AvgIpc) is 2.60. The van der Waals surface area contributed by atoms with Crippen LogP contribution < -0.4 is 10.1 Å². The normalized spacial score (nSPS) is 13.0. The van der Waals surface area contributed by atoms with E-state index in [-0.39, 0.29) is 5.56 Å². The van der Waals surface area contributed by atoms with Crippen LogP contribution in [0.5, 0.6) is 5.75 Å². The van der Waals surface area contributed by atoms with Crippen molar-refractivity contribution in [2.75, 3.05) is 0 Å². The molecule has 2 rings (SSSR count). The zero-order chi connectivity index (χ0) is 19.3. The van der Waals surface area contributed by atoms with Crippen LogP contribution in [-0.2, 0) is 4.79 Å². The van der Waals surface area contributed by atoms with E-state index in [4.69, 9.17) is 4.74 Å². The third-order valence-corrected chi connectivity index (χ3v) is 3.90. The molecule has 26 heavy (non-hydrogen) atoms. The molecular formula is C20H20F2N2O2. The molecule has 0 aliphatic carbocycles. The van der Waals surface area contributed by atoms with E-state index in [1.807, 2.05) is 32.0 Å². The van der Waals surface area contributed by atoms with Crippen molar-refractivity contribution in [2.24, 2.45) is 0 Å². The van der Waals surface area contributed by atoms with Gasteiger partial charge >= 0.3 is 0 Å². The minimum atomic E-state index is -1.24. The van der Waals surface area contributed by atoms with Gasteiger partial charge in [0.25, 0.3) is 5.91 Å². The fourth-order valence-corrected chi connectivity index (χ4v) is 2.38. The van der Waals surface area contributed by atoms with Crippen molar-refractivity contribution in [3.8, 4) is 11.8 Å². The standard InChI is InChI=1S/C20H20F2N2O2/c1-12(2)14-5-4-6-16(9-14)26-13(3)20(25)24-19(11-23)17-8-7-15(21)10-18(17)22/h4-10,12-13,19H,1-3H3,(H,24,25). The predicted molar refractivity (Wildman–Crippen MR) is 93.5 cm³/mol. The van der Waals surface area contributed by atoms with Crippen LogP contribution in [-0.4, -0.2) is 12.0 Å². The summed E-state index contributed by atoms with van der Waals surface area (Å²) in [6.07, 6.45) is -0.892. The van der Waals surface area contributed by atoms with Crippen LogP contribution in [0.3, 0.4) is 0 Å². The number of hydrogen-bond donors (Lipinski definition) is 1. The summed E-state index contributed by atoms with van der Waals surface area (Å²) in [7, 11) is 0. The highest BCUT2D eigenvalue weighted by molar-refractivity contribution is 5.81. The first kappa shape index (κ1) is 19.4. The summed E-state index contributed by atoms with van der Waals surface area (Å²) in [5, 5.41) is 11.6. The van der Waals surface area contributed by atoms with E-state index in [9.17, 15) is 18.8 Å². The lowest BCUT2D eigenvalue weighted by Crippen LogP contribution is -2.38. The molecule has 0 aliphatic heterocycles. The second-order valence-electron chi connectivity index (χ2n) is 6.22. The number of hydrogen-bond acceptors (Lipinski definition) is 3. The van der Waals surface area contributed by atoms with Crippen LogP contribution >= 0.6 is 0 Å². The van der Waals surface area contributed by atoms with E-state index >= 15 is 0 Å². The van der Waals surface area contributed by atoms with Gasteiger partial charge in [-0.2, -0.15) is 5.26 Å². The fourth-order valence-electron chi connectivity index (χ4n) is 2.38. The van der Waals surface area contributed by atoms with Gasteiger partial charge in [0.05, 0.1) is 6.07 Å². The summed E-state index contributed by atoms with van der Waals surface area (Å²) in [6, 6.07) is 10.8. The number of nitriles is 1. The highest BCUT2D eigenvalue weighted by Crippen LogP contribution is 2.22. The molecule has 1 N–H and O–H groups in total. The molecule has 0 heterocycles. The van der Waals surface area contributed by atoms with E-state index in [0.717, 1.165) is 17.7 Å². The number of amides is 1. The van der Waals surface area contributed by atoms with Gasteiger partial charge in [0.2, 0.25) is 0 Å². The van der Waals surface area contributed by atoms with Gasteiger partial charge in [-0.3, -0.25) is 4.79 Å². The summed E-state index contributed by atoms with van der Waals surface area (Å²) < 4.78 is 32.5. The molecule has 0 aliphatic rings. The number of carbonyl (C=O) groups is 1. The zero-order valence-electron chi connectivity index (χ0n) is 14.8. The van der Waals surface area contributed by atoms with Crippen molar-refractivity contribution in [3.63, 3.8) is 0 Å². The van der Waals surface area contributed by atoms with Gasteiger partial charge in [-0.1, -0.05) is 32.0 Å². The van der Waals surface area contributed by atoms with Gasteiger partial charge in [0, 0.05) is 11.6 Å². The monoisotopic (exact) mass is 358 g/mol. The quantitative estimate of drug-likeness (QED) is 0.840. The van der Waals surface area contributed by atoms with Crippen LogP contribution in [0.15, 0.2) is 42.5 Å². The third-order valence-electron chi connectivity index (χ3n) is 3.90. The number of nitrogens with zero attached hydrogens (tertiary/aromatic N) is 1. The van der Waals surface area contributed by atoms with Crippen molar-refractivity contribution in [2.45, 2.75) is 38.8 Å². The SMILES string of the molecule is CC(Oc1cccc(C(C)C)c1)C(=O)NC(C#N)c1ccc(F)cc1F. The topological polar surface area (TPSA) is 62.1 Å². The first-order valence-corrected chi connectivity index (χ1v) is 8.23. The maximum absolute atomic E-state index is 13.8. The molecule has 0 saturated carbocycles. The Bertz CT molecular complexity index is 831. The van der Waals surface area contributed by atoms with Crippen molar-refractivity contribution in [1.82, 2.24) is 5.32 Å². The van der Waals surface area contributed by atoms with Crippen molar-refractivity contribution >= 4 is 5.91 Å². The molecule has 1 amide bonds. The molecule has 2 aromatic carbocycles. The second-order valence-corrected chi connectivity index (χ2v) is 6.22. The highest BCUT2D eigenvalue weighted by atomic mass is 19.1. The van der Waals surface area contributed by atoms with Crippen molar-refractivity contribution < 1.29 is 18.3 Å². The number of rotatable bonds is 6. The third kappa shape index (κ3) is 4.79. The van der Waals surface area contributed by atoms with E-state index in [1.165, 1.54) is 6.92 Å². The molecule has 0 radical (unpaired) electrons. The second kappa shape index (κ2) is 8.43. The Balaban J connectivity index is 2.08. The summed E-state index contributed by atoms with van der Waals surface area (Å²) in [5.74, 6) is -1.38. The van der Waals surface area contributed by atoms with Gasteiger partial charge in [-0.05, 0) is 36.6 Å². The van der Waals surface area contributed by atoms with Crippen LogP contribution in [0, 0.1) is 23.0 Å². The lowest BCUT2D eigenvalue weighted by atomic mass is 10.0. The van der Waals surface area contributed by atoms with Crippen molar-refractivity contribution in [1.29, 1.82) is 5.26 Å². The Kier molecular flexibility index (Phi) is 6.29. The molecular weight excluding hydrogens is 338 g/mol. The fraction of sp³-hybridized carbons (Fsp3) is 0.300. The smallest absolute Gasteiger partial charge is 0.262 e. The Morgan fingerprint density at radius 1 is 1.15 bits per heavy atom. The highest BCUT2D eigenvalue weighted by Gasteiger charge is 2.22. The van der Waals surface area contributed by atoms with Crippen LogP contribution in [0.1, 0.15) is 43.9 Å². The first-order valence-electron chi connectivity index (χ1n) is 8.23. The Morgan fingerprint density at radius 3 is 2.50 bits per heavy atom. The van der Waals surface area contributed by atoms with Gasteiger partial charge in [0.15, 0.2) is 6.10 Å². The zero-order valence-corrected chi connectivity index (χ0v) is 14.8. The minimum Gasteiger partial charge on any atom is -0.481 e. The Labute approximate surface area is 151 Å². The van der Waals surface area contributed by atoms with Gasteiger partial charge in [0.1, 0.15) is 23.4 Å². The first-order chi connectivity index (χ1) is 12.3. The Hall–Kier alpha value is -2.94. The van der Waals surface area contributed by atoms with Crippen LogP contribution in [0.2, 0.25) is 0 Å². The molecule has 2 atom stereocenters. The molecule has 0 bridgehead atoms. The maximum Gasteiger partial charge on any atom is 0.262 e. The molecule has 6 heteroatoms. The largest absolute Gasteiger partial charge is 0.481 e. The van der Waals surface area contributed by atoms with Crippen molar-refractivity contribution in [3.05, 3.63) is 65.2 Å². The molecule has 2 unspecified atom stereocenters. The summed E-state index contributed by atoms with van der Waals surface area (Å²) >= 11 is 0. The van der Waals surface area contributed by atoms with E-state index < -0.39 is 29.7 Å². The summed E-state index contributed by atoms with van der Waals surface area (Å²) in [4.78, 5) is 12.3. The molecule has 2 aromatic rings. The lowest BCUT2D eigenvalue weighted by molar-refractivity contribution is -0.127. The summed E-state index contributed by atoms with van der Waals surface area (Å²) in [5.41, 5.74) is 0.967. The number of ether oxygens (including phenoxy) is 1. The predicted octanol–water partition coefficient (Wildman–Crippen LogP) is 4.24. The number of carbonyl (C=O) groups excluding carboxylic acids is 1. The lowest BCUT2D eigenvalue weighted by Gasteiger charge is -2.18. The molecule has 4 nitrogen and oxygen atoms in total. The van der Waals surface area contributed by atoms with E-state index in [0.29, 0.717) is 17.7 Å². The summed E-state index contributed by atoms with van der Waals surface area (Å²) in [6.45, 7) is 5.63. The maximum atomic E-state index is 13.8. The molecule has 136 valence electrons. The van der Waals surface area contributed by atoms with Gasteiger partial charge < -0.3 is 10.1 Å². The molecule has 0 aromatic heterocycles. The number of benzene rings is 2. The molecule has 0 saturated heterocycles. The molecule has 0 spiro atoms. The van der Waals surface area contributed by atoms with Crippen LogP contribution in [0.25, 0.3) is 0 Å². The van der Waals surface area contributed by atoms with Crippen LogP contribution in [0.4, 0.5) is 8.78 Å². The Morgan fingerprint density at radius 2 is 1.88 bits per heavy atom. The van der Waals surface area contributed by atoms with E-state index in [1.54, 1.807) is 12.1 Å². The van der Waals surface area contributed by atoms with E-state index in [2.05, 4.69) is 5.32 Å². The average molecular weight is 358 g/mol. The van der Waals surface area contributed by atoms with Gasteiger partial charge in [-0.15, -0.1) is 0 Å². The number of halogens is 2. The molecule has 0 fully saturated rings. The number of nitrogens with one attached hydrogen (secondary N) is 1. The minimum absolute atomic E-state index is 0.101.